The predicted molar refractivity (Wildman–Crippen MR) is 86.7 cm³/mol. The molecule has 9 heteroatoms. The highest BCUT2D eigenvalue weighted by atomic mass is 127. The molecular formula is C10H7Cl4IN2O2. The maximum atomic E-state index is 11.5. The van der Waals surface area contributed by atoms with E-state index in [1.165, 1.54) is 12.1 Å². The Bertz CT molecular complexity index is 489. The van der Waals surface area contributed by atoms with Gasteiger partial charge >= 0.3 is 6.03 Å². The van der Waals surface area contributed by atoms with Gasteiger partial charge in [0.15, 0.2) is 0 Å². The van der Waals surface area contributed by atoms with Crippen LogP contribution in [0.4, 0.5) is 10.5 Å². The third-order valence-corrected chi connectivity index (χ3v) is 5.11. The van der Waals surface area contributed by atoms with Crippen LogP contribution < -0.4 is 10.6 Å². The monoisotopic (exact) mass is 454 g/mol. The van der Waals surface area contributed by atoms with Crippen molar-refractivity contribution in [3.63, 3.8) is 0 Å². The molecule has 1 aromatic rings. The molecule has 0 fully saturated rings. The first-order chi connectivity index (χ1) is 8.85. The fraction of sp³-hybridized carbons (Fsp3) is 0.200. The van der Waals surface area contributed by atoms with E-state index in [0.29, 0.717) is 19.3 Å². The zero-order chi connectivity index (χ0) is 14.6. The van der Waals surface area contributed by atoms with Crippen molar-refractivity contribution >= 4 is 86.6 Å². The Kier molecular flexibility index (Phi) is 6.96. The number of imide groups is 1. The van der Waals surface area contributed by atoms with Crippen molar-refractivity contribution in [2.45, 2.75) is 5.38 Å². The van der Waals surface area contributed by atoms with Crippen LogP contribution in [0.3, 0.4) is 0 Å². The summed E-state index contributed by atoms with van der Waals surface area (Å²) in [6.45, 7) is 0. The summed E-state index contributed by atoms with van der Waals surface area (Å²) in [5.74, 6) is -0.779. The van der Waals surface area contributed by atoms with Crippen molar-refractivity contribution in [1.29, 1.82) is 0 Å². The number of rotatable bonds is 3. The fourth-order valence-electron chi connectivity index (χ4n) is 1.05. The van der Waals surface area contributed by atoms with Gasteiger partial charge in [-0.15, -0.1) is 23.2 Å². The Labute approximate surface area is 143 Å². The van der Waals surface area contributed by atoms with E-state index in [-0.39, 0.29) is 5.88 Å². The zero-order valence-electron chi connectivity index (χ0n) is 9.15. The van der Waals surface area contributed by atoms with Crippen molar-refractivity contribution in [3.05, 3.63) is 25.7 Å². The molecule has 0 saturated carbocycles. The summed E-state index contributed by atoms with van der Waals surface area (Å²) >= 11 is 24.8. The van der Waals surface area contributed by atoms with Gasteiger partial charge in [-0.05, 0) is 34.7 Å². The second-order valence-electron chi connectivity index (χ2n) is 3.32. The highest BCUT2D eigenvalue weighted by Crippen LogP contribution is 2.30. The normalized spacial score (nSPS) is 11.8. The molecule has 1 aromatic carbocycles. The van der Waals surface area contributed by atoms with E-state index in [0.717, 1.165) is 0 Å². The van der Waals surface area contributed by atoms with Gasteiger partial charge in [0.25, 0.3) is 0 Å². The summed E-state index contributed by atoms with van der Waals surface area (Å²) in [7, 11) is 0. The Morgan fingerprint density at radius 1 is 1.26 bits per heavy atom. The van der Waals surface area contributed by atoms with Gasteiger partial charge in [-0.3, -0.25) is 10.1 Å². The number of hydrogen-bond acceptors (Lipinski definition) is 2. The van der Waals surface area contributed by atoms with Crippen LogP contribution in [-0.4, -0.2) is 23.2 Å². The number of benzene rings is 1. The van der Waals surface area contributed by atoms with Gasteiger partial charge in [0.2, 0.25) is 5.91 Å². The number of nitrogens with one attached hydrogen (secondary N) is 2. The van der Waals surface area contributed by atoms with E-state index >= 15 is 0 Å². The Balaban J connectivity index is 2.70. The molecule has 2 N–H and O–H groups in total. The number of amides is 3. The summed E-state index contributed by atoms with van der Waals surface area (Å²) in [6, 6.07) is 2.28. The summed E-state index contributed by atoms with van der Waals surface area (Å²) < 4.78 is 0.672. The number of urea groups is 1. The quantitative estimate of drug-likeness (QED) is 0.410. The van der Waals surface area contributed by atoms with Crippen molar-refractivity contribution in [3.8, 4) is 0 Å². The maximum Gasteiger partial charge on any atom is 0.325 e. The molecule has 0 aliphatic carbocycles. The van der Waals surface area contributed by atoms with E-state index in [1.54, 1.807) is 0 Å². The SMILES string of the molecule is O=C(NC(=O)C(Cl)CCl)Nc1cc(Cl)c(I)c(Cl)c1. The molecule has 0 bridgehead atoms. The first-order valence-corrected chi connectivity index (χ1v) is 7.62. The van der Waals surface area contributed by atoms with Crippen LogP contribution in [0.15, 0.2) is 12.1 Å². The Morgan fingerprint density at radius 2 is 1.79 bits per heavy atom. The summed E-state index contributed by atoms with van der Waals surface area (Å²) in [5, 5.41) is 4.27. The van der Waals surface area contributed by atoms with E-state index in [9.17, 15) is 9.59 Å². The minimum Gasteiger partial charge on any atom is -0.308 e. The van der Waals surface area contributed by atoms with E-state index in [2.05, 4.69) is 5.32 Å². The lowest BCUT2D eigenvalue weighted by Gasteiger charge is -2.10. The fourth-order valence-corrected chi connectivity index (χ4v) is 2.04. The smallest absolute Gasteiger partial charge is 0.308 e. The van der Waals surface area contributed by atoms with Crippen molar-refractivity contribution < 1.29 is 9.59 Å². The minimum atomic E-state index is -0.976. The van der Waals surface area contributed by atoms with Crippen molar-refractivity contribution in [2.75, 3.05) is 11.2 Å². The second kappa shape index (κ2) is 7.73. The van der Waals surface area contributed by atoms with Crippen molar-refractivity contribution in [2.24, 2.45) is 0 Å². The van der Waals surface area contributed by atoms with Crippen molar-refractivity contribution in [1.82, 2.24) is 5.32 Å². The van der Waals surface area contributed by atoms with Gasteiger partial charge in [-0.2, -0.15) is 0 Å². The molecule has 0 heterocycles. The van der Waals surface area contributed by atoms with Crippen LogP contribution in [0.2, 0.25) is 10.0 Å². The highest BCUT2D eigenvalue weighted by molar-refractivity contribution is 14.1. The lowest BCUT2D eigenvalue weighted by molar-refractivity contribution is -0.119. The van der Waals surface area contributed by atoms with E-state index in [4.69, 9.17) is 46.4 Å². The Hall–Kier alpha value is 0.0500. The van der Waals surface area contributed by atoms with Gasteiger partial charge < -0.3 is 5.32 Å². The van der Waals surface area contributed by atoms with E-state index < -0.39 is 17.3 Å². The largest absolute Gasteiger partial charge is 0.325 e. The van der Waals surface area contributed by atoms with Crippen LogP contribution in [0.5, 0.6) is 0 Å². The molecule has 0 aliphatic rings. The first kappa shape index (κ1) is 17.1. The molecule has 0 aliphatic heterocycles. The second-order valence-corrected chi connectivity index (χ2v) is 6.05. The van der Waals surface area contributed by atoms with Gasteiger partial charge in [-0.1, -0.05) is 23.2 Å². The number of hydrogen-bond donors (Lipinski definition) is 2. The molecule has 0 spiro atoms. The lowest BCUT2D eigenvalue weighted by atomic mass is 10.3. The van der Waals surface area contributed by atoms with Gasteiger partial charge in [0.1, 0.15) is 5.38 Å². The van der Waals surface area contributed by atoms with Gasteiger partial charge in [0, 0.05) is 11.6 Å². The van der Waals surface area contributed by atoms with E-state index in [1.807, 2.05) is 27.9 Å². The maximum absolute atomic E-state index is 11.5. The Morgan fingerprint density at radius 3 is 2.26 bits per heavy atom. The van der Waals surface area contributed by atoms with Crippen LogP contribution >= 0.6 is 69.0 Å². The van der Waals surface area contributed by atoms with Crippen LogP contribution in [0.25, 0.3) is 0 Å². The third-order valence-electron chi connectivity index (χ3n) is 1.90. The number of alkyl halides is 2. The molecular weight excluding hydrogens is 449 g/mol. The molecule has 1 unspecified atom stereocenters. The van der Waals surface area contributed by atoms with Gasteiger partial charge in [0.05, 0.1) is 13.6 Å². The number of halogens is 5. The third kappa shape index (κ3) is 5.15. The first-order valence-electron chi connectivity index (χ1n) is 4.81. The molecule has 19 heavy (non-hydrogen) atoms. The number of carbonyl (C=O) groups excluding carboxylic acids is 2. The summed E-state index contributed by atoms with van der Waals surface area (Å²) in [6.07, 6.45) is 0. The zero-order valence-corrected chi connectivity index (χ0v) is 14.3. The summed E-state index contributed by atoms with van der Waals surface area (Å²) in [4.78, 5) is 22.8. The van der Waals surface area contributed by atoms with Crippen LogP contribution in [-0.2, 0) is 4.79 Å². The topological polar surface area (TPSA) is 58.2 Å². The average Bonchev–Trinajstić information content (AvgIpc) is 2.34. The van der Waals surface area contributed by atoms with Crippen LogP contribution in [0, 0.1) is 3.57 Å². The molecule has 104 valence electrons. The molecule has 0 aromatic heterocycles. The summed E-state index contributed by atoms with van der Waals surface area (Å²) in [5.41, 5.74) is 0.359. The number of anilines is 1. The standard InChI is InChI=1S/C10H7Cl4IN2O2/c11-3-7(14)9(18)17-10(19)16-4-1-5(12)8(15)6(13)2-4/h1-2,7H,3H2,(H2,16,17,18,19). The number of carbonyl (C=O) groups is 2. The predicted octanol–water partition coefficient (Wildman–Crippen LogP) is 4.09. The van der Waals surface area contributed by atoms with Crippen LogP contribution in [0.1, 0.15) is 0 Å². The minimum absolute atomic E-state index is 0.0954. The molecule has 3 amide bonds. The molecule has 0 saturated heterocycles. The molecule has 1 rings (SSSR count). The lowest BCUT2D eigenvalue weighted by Crippen LogP contribution is -2.39. The van der Waals surface area contributed by atoms with Gasteiger partial charge in [-0.25, -0.2) is 4.79 Å². The molecule has 4 nitrogen and oxygen atoms in total. The molecule has 0 radical (unpaired) electrons. The molecule has 1 atom stereocenters. The average molecular weight is 456 g/mol. The highest BCUT2D eigenvalue weighted by Gasteiger charge is 2.17.